The predicted molar refractivity (Wildman–Crippen MR) is 118 cm³/mol. The molecular weight excluding hydrogens is 410 g/mol. The van der Waals surface area contributed by atoms with Crippen LogP contribution in [0, 0.1) is 11.7 Å². The fourth-order valence-electron chi connectivity index (χ4n) is 4.86. The number of carbonyl (C=O) groups is 2. The van der Waals surface area contributed by atoms with E-state index >= 15 is 0 Å². The van der Waals surface area contributed by atoms with Crippen molar-refractivity contribution in [3.63, 3.8) is 0 Å². The van der Waals surface area contributed by atoms with Crippen molar-refractivity contribution in [1.29, 1.82) is 0 Å². The average Bonchev–Trinajstić information content (AvgIpc) is 3.38. The molecule has 0 aromatic heterocycles. The van der Waals surface area contributed by atoms with Crippen molar-refractivity contribution < 1.29 is 18.4 Å². The van der Waals surface area contributed by atoms with E-state index in [1.54, 1.807) is 6.07 Å². The van der Waals surface area contributed by atoms with E-state index in [0.717, 1.165) is 36.0 Å². The van der Waals surface area contributed by atoms with E-state index in [1.807, 2.05) is 35.2 Å². The number of rotatable bonds is 6. The van der Waals surface area contributed by atoms with Crippen LogP contribution in [0.1, 0.15) is 44.1 Å². The lowest BCUT2D eigenvalue weighted by Crippen LogP contribution is -2.51. The quantitative estimate of drug-likeness (QED) is 0.726. The van der Waals surface area contributed by atoms with Crippen molar-refractivity contribution in [3.8, 4) is 11.1 Å². The Morgan fingerprint density at radius 2 is 1.75 bits per heavy atom. The average molecular weight is 439 g/mol. The van der Waals surface area contributed by atoms with Gasteiger partial charge in [0.2, 0.25) is 5.91 Å². The Balaban J connectivity index is 1.38. The van der Waals surface area contributed by atoms with E-state index < -0.39 is 11.6 Å². The van der Waals surface area contributed by atoms with Gasteiger partial charge in [0.25, 0.3) is 5.91 Å². The Morgan fingerprint density at radius 3 is 2.41 bits per heavy atom. The van der Waals surface area contributed by atoms with E-state index in [0.29, 0.717) is 19.4 Å². The van der Waals surface area contributed by atoms with Crippen LogP contribution in [-0.2, 0) is 16.0 Å². The first-order valence-corrected chi connectivity index (χ1v) is 11.6. The van der Waals surface area contributed by atoms with Crippen LogP contribution in [0.3, 0.4) is 0 Å². The van der Waals surface area contributed by atoms with Crippen molar-refractivity contribution >= 4 is 11.8 Å². The van der Waals surface area contributed by atoms with Gasteiger partial charge in [-0.2, -0.15) is 0 Å². The lowest BCUT2D eigenvalue weighted by molar-refractivity contribution is -0.139. The number of benzene rings is 2. The maximum atomic E-state index is 14.3. The van der Waals surface area contributed by atoms with Crippen molar-refractivity contribution in [3.05, 3.63) is 59.9 Å². The molecule has 3 aliphatic rings. The molecule has 6 heteroatoms. The van der Waals surface area contributed by atoms with E-state index in [4.69, 9.17) is 0 Å². The normalized spacial score (nSPS) is 24.1. The van der Waals surface area contributed by atoms with Gasteiger partial charge in [0.05, 0.1) is 12.1 Å². The van der Waals surface area contributed by atoms with Gasteiger partial charge in [0, 0.05) is 12.5 Å². The van der Waals surface area contributed by atoms with Crippen LogP contribution in [0.15, 0.2) is 48.5 Å². The molecule has 32 heavy (non-hydrogen) atoms. The maximum Gasteiger partial charge on any atom is 0.257 e. The minimum atomic E-state index is -1.73. The van der Waals surface area contributed by atoms with Gasteiger partial charge in [-0.25, -0.2) is 8.78 Å². The number of likely N-dealkylation sites (tertiary alicyclic amines) is 1. The van der Waals surface area contributed by atoms with Crippen LogP contribution in [0.5, 0.6) is 0 Å². The molecule has 2 aliphatic carbocycles. The zero-order chi connectivity index (χ0) is 22.3. The fourth-order valence-corrected chi connectivity index (χ4v) is 4.86. The third kappa shape index (κ3) is 4.15. The third-order valence-corrected chi connectivity index (χ3v) is 7.23. The molecule has 0 bridgehead atoms. The highest BCUT2D eigenvalue weighted by molar-refractivity contribution is 5.88. The molecule has 1 N–H and O–H groups in total. The topological polar surface area (TPSA) is 49.4 Å². The van der Waals surface area contributed by atoms with E-state index in [2.05, 4.69) is 5.32 Å². The van der Waals surface area contributed by atoms with Gasteiger partial charge >= 0.3 is 0 Å². The third-order valence-electron chi connectivity index (χ3n) is 7.23. The first-order chi connectivity index (χ1) is 15.4. The van der Waals surface area contributed by atoms with Gasteiger partial charge in [0.15, 0.2) is 5.67 Å². The maximum absolute atomic E-state index is 14.3. The van der Waals surface area contributed by atoms with Crippen molar-refractivity contribution in [2.24, 2.45) is 5.92 Å². The van der Waals surface area contributed by atoms with E-state index in [-0.39, 0.29) is 42.6 Å². The largest absolute Gasteiger partial charge is 0.348 e. The zero-order valence-electron chi connectivity index (χ0n) is 18.0. The van der Waals surface area contributed by atoms with Gasteiger partial charge in [0.1, 0.15) is 5.82 Å². The van der Waals surface area contributed by atoms with E-state index in [9.17, 15) is 18.4 Å². The molecule has 2 amide bonds. The standard InChI is InChI=1S/C26H28F2N2O2/c27-21-9-3-8-20(16-21)19-7-1-4-17(14-19)15-23-22(29-25(32)26(28)11-12-26)10-13-30(23)24(31)18-5-2-6-18/h1,3-4,7-9,14,16,18,22-23H,2,5-6,10-13,15H2,(H,29,32). The highest BCUT2D eigenvalue weighted by Gasteiger charge is 2.52. The summed E-state index contributed by atoms with van der Waals surface area (Å²) in [7, 11) is 0. The Hall–Kier alpha value is -2.76. The number of carbonyl (C=O) groups excluding carboxylic acids is 2. The number of nitrogens with zero attached hydrogens (tertiary/aromatic N) is 1. The molecule has 1 saturated heterocycles. The Morgan fingerprint density at radius 1 is 1.03 bits per heavy atom. The van der Waals surface area contributed by atoms with Crippen LogP contribution < -0.4 is 5.32 Å². The minimum absolute atomic E-state index is 0.0709. The molecule has 2 saturated carbocycles. The lowest BCUT2D eigenvalue weighted by Gasteiger charge is -2.34. The monoisotopic (exact) mass is 438 g/mol. The Kier molecular flexibility index (Phi) is 5.48. The number of hydrogen-bond donors (Lipinski definition) is 1. The summed E-state index contributed by atoms with van der Waals surface area (Å²) in [5.41, 5.74) is 0.968. The lowest BCUT2D eigenvalue weighted by atomic mass is 9.84. The molecule has 1 heterocycles. The summed E-state index contributed by atoms with van der Waals surface area (Å²) in [4.78, 5) is 27.4. The number of nitrogens with one attached hydrogen (secondary N) is 1. The zero-order valence-corrected chi connectivity index (χ0v) is 18.0. The van der Waals surface area contributed by atoms with Gasteiger partial charge in [-0.15, -0.1) is 0 Å². The number of alkyl halides is 1. The van der Waals surface area contributed by atoms with Crippen LogP contribution in [-0.4, -0.2) is 41.0 Å². The second-order valence-corrected chi connectivity index (χ2v) is 9.48. The second-order valence-electron chi connectivity index (χ2n) is 9.48. The summed E-state index contributed by atoms with van der Waals surface area (Å²) in [6.07, 6.45) is 4.66. The molecule has 0 spiro atoms. The SMILES string of the molecule is O=C(C1CCC1)N1CCC(NC(=O)C2(F)CC2)C1Cc1cccc(-c2cccc(F)c2)c1. The van der Waals surface area contributed by atoms with Gasteiger partial charge in [-0.3, -0.25) is 9.59 Å². The summed E-state index contributed by atoms with van der Waals surface area (Å²) >= 11 is 0. The van der Waals surface area contributed by atoms with Crippen molar-refractivity contribution in [2.45, 2.75) is 62.7 Å². The summed E-state index contributed by atoms with van der Waals surface area (Å²) in [5, 5.41) is 2.91. The molecule has 1 aliphatic heterocycles. The summed E-state index contributed by atoms with van der Waals surface area (Å²) < 4.78 is 28.0. The molecule has 2 unspecified atom stereocenters. The summed E-state index contributed by atoms with van der Waals surface area (Å²) in [6.45, 7) is 0.577. The molecule has 5 rings (SSSR count). The molecule has 168 valence electrons. The Bertz CT molecular complexity index is 1030. The molecule has 2 atom stereocenters. The van der Waals surface area contributed by atoms with Crippen LogP contribution in [0.2, 0.25) is 0 Å². The van der Waals surface area contributed by atoms with Crippen molar-refractivity contribution in [1.82, 2.24) is 10.2 Å². The second kappa shape index (κ2) is 8.30. The highest BCUT2D eigenvalue weighted by atomic mass is 19.1. The molecule has 0 radical (unpaired) electrons. The number of amides is 2. The molecular formula is C26H28F2N2O2. The molecule has 2 aromatic rings. The summed E-state index contributed by atoms with van der Waals surface area (Å²) in [6, 6.07) is 13.8. The van der Waals surface area contributed by atoms with Crippen LogP contribution >= 0.6 is 0 Å². The number of halogens is 2. The number of hydrogen-bond acceptors (Lipinski definition) is 2. The van der Waals surface area contributed by atoms with E-state index in [1.165, 1.54) is 12.1 Å². The van der Waals surface area contributed by atoms with Crippen LogP contribution in [0.4, 0.5) is 8.78 Å². The molecule has 3 fully saturated rings. The molecule has 2 aromatic carbocycles. The highest BCUT2D eigenvalue weighted by Crippen LogP contribution is 2.40. The van der Waals surface area contributed by atoms with Gasteiger partial charge in [-0.05, 0) is 67.3 Å². The minimum Gasteiger partial charge on any atom is -0.348 e. The van der Waals surface area contributed by atoms with Gasteiger partial charge in [-0.1, -0.05) is 42.8 Å². The van der Waals surface area contributed by atoms with Crippen LogP contribution in [0.25, 0.3) is 11.1 Å². The molecule has 4 nitrogen and oxygen atoms in total. The van der Waals surface area contributed by atoms with Gasteiger partial charge < -0.3 is 10.2 Å². The first kappa shape index (κ1) is 21.1. The summed E-state index contributed by atoms with van der Waals surface area (Å²) in [5.74, 6) is -0.606. The predicted octanol–water partition coefficient (Wildman–Crippen LogP) is 4.42. The first-order valence-electron chi connectivity index (χ1n) is 11.6. The Labute approximate surface area is 187 Å². The van der Waals surface area contributed by atoms with Crippen molar-refractivity contribution in [2.75, 3.05) is 6.54 Å². The smallest absolute Gasteiger partial charge is 0.257 e. The fraction of sp³-hybridized carbons (Fsp3) is 0.462.